The molecule has 0 atom stereocenters. The van der Waals surface area contributed by atoms with Crippen LogP contribution in [-0.2, 0) is 9.47 Å². The lowest BCUT2D eigenvalue weighted by atomic mass is 9.93. The van der Waals surface area contributed by atoms with Crippen LogP contribution < -0.4 is 21.3 Å². The number of hydrogen-bond donors (Lipinski definition) is 4. The third kappa shape index (κ3) is 5.36. The Balaban J connectivity index is 1.32. The van der Waals surface area contributed by atoms with Crippen LogP contribution in [0.3, 0.4) is 0 Å². The predicted molar refractivity (Wildman–Crippen MR) is 138 cm³/mol. The van der Waals surface area contributed by atoms with Gasteiger partial charge >= 0.3 is 0 Å². The molecule has 1 aromatic heterocycles. The molecule has 2 aliphatic heterocycles. The fourth-order valence-corrected chi connectivity index (χ4v) is 5.46. The van der Waals surface area contributed by atoms with E-state index in [-0.39, 0.29) is 28.8 Å². The van der Waals surface area contributed by atoms with E-state index < -0.39 is 11.7 Å². The van der Waals surface area contributed by atoms with Crippen LogP contribution in [0, 0.1) is 6.92 Å². The average Bonchev–Trinajstić information content (AvgIpc) is 3.31. The molecule has 0 radical (unpaired) electrons. The molecule has 1 aliphatic carbocycles. The van der Waals surface area contributed by atoms with Crippen LogP contribution in [0.25, 0.3) is 0 Å². The Hall–Kier alpha value is -2.66. The minimum Gasteiger partial charge on any atom is -0.393 e. The Morgan fingerprint density at radius 2 is 1.83 bits per heavy atom. The molecule has 1 aromatic carbocycles. The summed E-state index contributed by atoms with van der Waals surface area (Å²) in [4.78, 5) is 23.2. The third-order valence-electron chi connectivity index (χ3n) is 7.26. The number of carbonyl (C=O) groups excluding carboxylic acids is 1. The molecule has 3 aliphatic rings. The van der Waals surface area contributed by atoms with Crippen molar-refractivity contribution >= 4 is 40.5 Å². The molecule has 10 nitrogen and oxygen atoms in total. The van der Waals surface area contributed by atoms with Crippen molar-refractivity contribution in [2.24, 2.45) is 5.73 Å². The van der Waals surface area contributed by atoms with Crippen molar-refractivity contribution in [1.82, 2.24) is 9.97 Å². The lowest BCUT2D eigenvalue weighted by Crippen LogP contribution is -2.45. The minimum absolute atomic E-state index is 0.0239. The van der Waals surface area contributed by atoms with E-state index in [0.717, 1.165) is 68.6 Å². The van der Waals surface area contributed by atoms with Crippen molar-refractivity contribution in [2.75, 3.05) is 41.8 Å². The van der Waals surface area contributed by atoms with E-state index >= 15 is 0 Å². The number of halogens is 1. The number of aromatic nitrogens is 2. The molecule has 2 aromatic rings. The number of nitrogens with zero attached hydrogens (tertiary/aromatic N) is 3. The SMILES string of the molecule is Cc1cc(Nc2nc(NC3CCC(O)CC3)c(Cl)nc2C(N)=O)ccc1N1CCC2(CC1)OCCO2. The van der Waals surface area contributed by atoms with E-state index in [2.05, 4.69) is 38.5 Å². The summed E-state index contributed by atoms with van der Waals surface area (Å²) < 4.78 is 11.7. The van der Waals surface area contributed by atoms with Crippen LogP contribution in [0.5, 0.6) is 0 Å². The van der Waals surface area contributed by atoms with E-state index in [4.69, 9.17) is 26.8 Å². The molecule has 1 amide bonds. The monoisotopic (exact) mass is 516 g/mol. The Bertz CT molecular complexity index is 1110. The highest BCUT2D eigenvalue weighted by Crippen LogP contribution is 2.35. The number of anilines is 4. The van der Waals surface area contributed by atoms with Gasteiger partial charge in [0.2, 0.25) is 0 Å². The molecular formula is C25H33ClN6O4. The van der Waals surface area contributed by atoms with E-state index in [1.807, 2.05) is 12.1 Å². The number of benzene rings is 1. The van der Waals surface area contributed by atoms with Crippen LogP contribution in [0.15, 0.2) is 18.2 Å². The topological polar surface area (TPSA) is 135 Å². The molecule has 11 heteroatoms. The molecule has 36 heavy (non-hydrogen) atoms. The summed E-state index contributed by atoms with van der Waals surface area (Å²) in [6, 6.07) is 6.15. The maximum Gasteiger partial charge on any atom is 0.271 e. The highest BCUT2D eigenvalue weighted by molar-refractivity contribution is 6.32. The van der Waals surface area contributed by atoms with Gasteiger partial charge in [0, 0.05) is 43.3 Å². The largest absolute Gasteiger partial charge is 0.393 e. The molecule has 2 saturated heterocycles. The molecule has 5 rings (SSSR count). The summed E-state index contributed by atoms with van der Waals surface area (Å²) in [5.74, 6) is -0.496. The minimum atomic E-state index is -0.717. The summed E-state index contributed by atoms with van der Waals surface area (Å²) in [5, 5.41) is 16.4. The summed E-state index contributed by atoms with van der Waals surface area (Å²) in [6.45, 7) is 5.10. The predicted octanol–water partition coefficient (Wildman–Crippen LogP) is 3.34. The van der Waals surface area contributed by atoms with Crippen molar-refractivity contribution in [2.45, 2.75) is 63.4 Å². The average molecular weight is 517 g/mol. The number of ether oxygens (including phenoxy) is 2. The lowest BCUT2D eigenvalue weighted by molar-refractivity contribution is -0.169. The van der Waals surface area contributed by atoms with Crippen molar-refractivity contribution < 1.29 is 19.4 Å². The van der Waals surface area contributed by atoms with Gasteiger partial charge in [-0.3, -0.25) is 4.79 Å². The highest BCUT2D eigenvalue weighted by atomic mass is 35.5. The maximum absolute atomic E-state index is 12.1. The zero-order chi connectivity index (χ0) is 25.3. The number of piperidine rings is 1. The van der Waals surface area contributed by atoms with E-state index in [1.54, 1.807) is 0 Å². The molecule has 1 saturated carbocycles. The molecule has 3 heterocycles. The number of aryl methyl sites for hydroxylation is 1. The van der Waals surface area contributed by atoms with Crippen LogP contribution in [0.4, 0.5) is 23.0 Å². The van der Waals surface area contributed by atoms with Gasteiger partial charge in [-0.05, 0) is 56.4 Å². The summed E-state index contributed by atoms with van der Waals surface area (Å²) in [5.41, 5.74) is 8.54. The number of hydrogen-bond acceptors (Lipinski definition) is 9. The van der Waals surface area contributed by atoms with Crippen molar-refractivity contribution in [3.8, 4) is 0 Å². The molecule has 1 spiro atoms. The van der Waals surface area contributed by atoms with Gasteiger partial charge in [0.25, 0.3) is 5.91 Å². The molecule has 0 bridgehead atoms. The van der Waals surface area contributed by atoms with Gasteiger partial charge in [0.15, 0.2) is 28.3 Å². The first-order valence-electron chi connectivity index (χ1n) is 12.5. The normalized spacial score (nSPS) is 23.6. The number of rotatable bonds is 6. The van der Waals surface area contributed by atoms with Crippen LogP contribution in [-0.4, -0.2) is 65.2 Å². The number of aliphatic hydroxyl groups is 1. The van der Waals surface area contributed by atoms with Gasteiger partial charge in [0.1, 0.15) is 0 Å². The number of primary amides is 1. The maximum atomic E-state index is 12.1. The first kappa shape index (κ1) is 25.0. The third-order valence-corrected chi connectivity index (χ3v) is 7.53. The molecular weight excluding hydrogens is 484 g/mol. The van der Waals surface area contributed by atoms with Crippen LogP contribution >= 0.6 is 11.6 Å². The van der Waals surface area contributed by atoms with Crippen LogP contribution in [0.2, 0.25) is 5.15 Å². The smallest absolute Gasteiger partial charge is 0.271 e. The Morgan fingerprint density at radius 3 is 2.47 bits per heavy atom. The second-order valence-corrected chi connectivity index (χ2v) is 10.2. The fourth-order valence-electron chi connectivity index (χ4n) is 5.28. The standard InChI is InChI=1S/C25H33ClN6O4/c1-15-14-17(4-7-19(15)32-10-8-25(9-11-32)35-12-13-36-25)29-23-20(22(27)34)30-21(26)24(31-23)28-16-2-5-18(33)6-3-16/h4,7,14,16,18,33H,2-3,5-6,8-13H2,1H3,(H2,27,34)(H2,28,29,31). The summed E-state index contributed by atoms with van der Waals surface area (Å²) >= 11 is 6.33. The Kier molecular flexibility index (Phi) is 7.21. The van der Waals surface area contributed by atoms with Gasteiger partial charge in [-0.25, -0.2) is 9.97 Å². The number of nitrogens with one attached hydrogen (secondary N) is 2. The fraction of sp³-hybridized carbons (Fsp3) is 0.560. The Morgan fingerprint density at radius 1 is 1.14 bits per heavy atom. The summed E-state index contributed by atoms with van der Waals surface area (Å²) in [7, 11) is 0. The summed E-state index contributed by atoms with van der Waals surface area (Å²) in [6.07, 6.45) is 4.45. The second-order valence-electron chi connectivity index (χ2n) is 9.80. The first-order chi connectivity index (χ1) is 17.3. The molecule has 5 N–H and O–H groups in total. The second kappa shape index (κ2) is 10.4. The zero-order valence-corrected chi connectivity index (χ0v) is 21.2. The number of nitrogens with two attached hydrogens (primary N) is 1. The van der Waals surface area contributed by atoms with Gasteiger partial charge in [-0.1, -0.05) is 11.6 Å². The molecule has 194 valence electrons. The van der Waals surface area contributed by atoms with E-state index in [9.17, 15) is 9.90 Å². The molecule has 0 unspecified atom stereocenters. The number of carbonyl (C=O) groups is 1. The quantitative estimate of drug-likeness (QED) is 0.455. The van der Waals surface area contributed by atoms with Crippen molar-refractivity contribution in [3.63, 3.8) is 0 Å². The van der Waals surface area contributed by atoms with Gasteiger partial charge in [0.05, 0.1) is 19.3 Å². The van der Waals surface area contributed by atoms with Crippen molar-refractivity contribution in [3.05, 3.63) is 34.6 Å². The lowest BCUT2D eigenvalue weighted by Gasteiger charge is -2.39. The first-order valence-corrected chi connectivity index (χ1v) is 12.9. The van der Waals surface area contributed by atoms with Gasteiger partial charge in [-0.2, -0.15) is 0 Å². The van der Waals surface area contributed by atoms with E-state index in [0.29, 0.717) is 19.0 Å². The number of aliphatic hydroxyl groups excluding tert-OH is 1. The van der Waals surface area contributed by atoms with Gasteiger partial charge < -0.3 is 35.8 Å². The Labute approximate surface area is 215 Å². The van der Waals surface area contributed by atoms with E-state index in [1.165, 1.54) is 0 Å². The number of amides is 1. The van der Waals surface area contributed by atoms with Crippen LogP contribution in [0.1, 0.15) is 54.6 Å². The zero-order valence-electron chi connectivity index (χ0n) is 20.4. The highest BCUT2D eigenvalue weighted by Gasteiger charge is 2.40. The van der Waals surface area contributed by atoms with Crippen molar-refractivity contribution in [1.29, 1.82) is 0 Å². The van der Waals surface area contributed by atoms with Gasteiger partial charge in [-0.15, -0.1) is 0 Å². The molecule has 3 fully saturated rings.